The summed E-state index contributed by atoms with van der Waals surface area (Å²) in [5.41, 5.74) is 2.88. The Kier molecular flexibility index (Phi) is 4.79. The molecule has 0 radical (unpaired) electrons. The lowest BCUT2D eigenvalue weighted by atomic mass is 9.99. The van der Waals surface area contributed by atoms with Crippen molar-refractivity contribution < 1.29 is 9.53 Å². The SMILES string of the molecule is COc1ccccc1CC(=O)N1CCCCC1c1nc(C)cc2cncn12. The first-order valence-corrected chi connectivity index (χ1v) is 9.38. The first-order valence-electron chi connectivity index (χ1n) is 9.38. The highest BCUT2D eigenvalue weighted by atomic mass is 16.5. The van der Waals surface area contributed by atoms with Gasteiger partial charge < -0.3 is 9.64 Å². The molecule has 0 saturated carbocycles. The van der Waals surface area contributed by atoms with Crippen molar-refractivity contribution in [1.29, 1.82) is 0 Å². The average molecular weight is 364 g/mol. The van der Waals surface area contributed by atoms with Crippen molar-refractivity contribution in [3.05, 3.63) is 59.9 Å². The third-order valence-electron chi connectivity index (χ3n) is 5.22. The average Bonchev–Trinajstić information content (AvgIpc) is 3.16. The Morgan fingerprint density at radius 1 is 1.30 bits per heavy atom. The van der Waals surface area contributed by atoms with Crippen molar-refractivity contribution in [3.63, 3.8) is 0 Å². The molecule has 4 rings (SSSR count). The highest BCUT2D eigenvalue weighted by Crippen LogP contribution is 2.31. The second-order valence-electron chi connectivity index (χ2n) is 7.03. The lowest BCUT2D eigenvalue weighted by molar-refractivity contribution is -0.134. The van der Waals surface area contributed by atoms with E-state index in [1.807, 2.05) is 52.8 Å². The molecule has 140 valence electrons. The summed E-state index contributed by atoms with van der Waals surface area (Å²) < 4.78 is 7.42. The number of benzene rings is 1. The summed E-state index contributed by atoms with van der Waals surface area (Å²) in [6.07, 6.45) is 6.99. The molecule has 27 heavy (non-hydrogen) atoms. The zero-order valence-corrected chi connectivity index (χ0v) is 15.8. The molecule has 1 unspecified atom stereocenters. The summed E-state index contributed by atoms with van der Waals surface area (Å²) >= 11 is 0. The van der Waals surface area contributed by atoms with E-state index in [4.69, 9.17) is 9.72 Å². The Balaban J connectivity index is 1.66. The number of methoxy groups -OCH3 is 1. The van der Waals surface area contributed by atoms with Crippen LogP contribution >= 0.6 is 0 Å². The lowest BCUT2D eigenvalue weighted by Gasteiger charge is -2.36. The van der Waals surface area contributed by atoms with Crippen LogP contribution in [0.25, 0.3) is 5.52 Å². The van der Waals surface area contributed by atoms with Gasteiger partial charge in [-0.05, 0) is 38.3 Å². The molecule has 1 amide bonds. The van der Waals surface area contributed by atoms with Gasteiger partial charge in [-0.1, -0.05) is 18.2 Å². The molecule has 0 spiro atoms. The molecule has 1 aromatic carbocycles. The van der Waals surface area contributed by atoms with Gasteiger partial charge >= 0.3 is 0 Å². The maximum Gasteiger partial charge on any atom is 0.227 e. The van der Waals surface area contributed by atoms with Gasteiger partial charge in [-0.2, -0.15) is 0 Å². The second kappa shape index (κ2) is 7.39. The molecule has 0 bridgehead atoms. The van der Waals surface area contributed by atoms with E-state index in [1.165, 1.54) is 0 Å². The monoisotopic (exact) mass is 364 g/mol. The second-order valence-corrected chi connectivity index (χ2v) is 7.03. The molecule has 1 fully saturated rings. The number of hydrogen-bond donors (Lipinski definition) is 0. The van der Waals surface area contributed by atoms with Crippen LogP contribution in [0.4, 0.5) is 0 Å². The number of fused-ring (bicyclic) bond motifs is 1. The molecular weight excluding hydrogens is 340 g/mol. The number of rotatable bonds is 4. The number of aryl methyl sites for hydroxylation is 1. The molecule has 0 aliphatic carbocycles. The van der Waals surface area contributed by atoms with E-state index in [1.54, 1.807) is 13.4 Å². The maximum absolute atomic E-state index is 13.2. The minimum absolute atomic E-state index is 0.0300. The van der Waals surface area contributed by atoms with Gasteiger partial charge in [-0.15, -0.1) is 0 Å². The number of hydrogen-bond acceptors (Lipinski definition) is 4. The zero-order valence-electron chi connectivity index (χ0n) is 15.8. The van der Waals surface area contributed by atoms with E-state index in [2.05, 4.69) is 4.98 Å². The predicted molar refractivity (Wildman–Crippen MR) is 103 cm³/mol. The molecule has 2 aromatic heterocycles. The minimum atomic E-state index is -0.0300. The topological polar surface area (TPSA) is 59.7 Å². The van der Waals surface area contributed by atoms with E-state index in [-0.39, 0.29) is 11.9 Å². The van der Waals surface area contributed by atoms with Gasteiger partial charge in [0.1, 0.15) is 17.9 Å². The van der Waals surface area contributed by atoms with E-state index < -0.39 is 0 Å². The highest BCUT2D eigenvalue weighted by Gasteiger charge is 2.31. The number of likely N-dealkylation sites (tertiary alicyclic amines) is 1. The van der Waals surface area contributed by atoms with Gasteiger partial charge in [-0.3, -0.25) is 9.20 Å². The Morgan fingerprint density at radius 3 is 3.00 bits per heavy atom. The fourth-order valence-corrected chi connectivity index (χ4v) is 3.93. The fourth-order valence-electron chi connectivity index (χ4n) is 3.93. The number of amides is 1. The molecule has 6 heteroatoms. The summed E-state index contributed by atoms with van der Waals surface area (Å²) in [4.78, 5) is 24.2. The van der Waals surface area contributed by atoms with Gasteiger partial charge in [0.25, 0.3) is 0 Å². The van der Waals surface area contributed by atoms with Crippen molar-refractivity contribution in [2.45, 2.75) is 38.6 Å². The first-order chi connectivity index (χ1) is 13.2. The van der Waals surface area contributed by atoms with Crippen molar-refractivity contribution >= 4 is 11.4 Å². The van der Waals surface area contributed by atoms with Crippen LogP contribution in [0, 0.1) is 6.92 Å². The molecule has 6 nitrogen and oxygen atoms in total. The van der Waals surface area contributed by atoms with Crippen LogP contribution in [0.1, 0.15) is 42.4 Å². The summed E-state index contributed by atoms with van der Waals surface area (Å²) in [5.74, 6) is 1.77. The maximum atomic E-state index is 13.2. The third kappa shape index (κ3) is 3.39. The van der Waals surface area contributed by atoms with Gasteiger partial charge in [-0.25, -0.2) is 9.97 Å². The summed E-state index contributed by atoms with van der Waals surface area (Å²) in [6.45, 7) is 2.74. The van der Waals surface area contributed by atoms with Crippen molar-refractivity contribution in [2.75, 3.05) is 13.7 Å². The molecule has 1 aliphatic rings. The molecular formula is C21H24N4O2. The van der Waals surface area contributed by atoms with E-state index >= 15 is 0 Å². The molecule has 3 aromatic rings. The zero-order chi connectivity index (χ0) is 18.8. The van der Waals surface area contributed by atoms with E-state index in [9.17, 15) is 4.79 Å². The summed E-state index contributed by atoms with van der Waals surface area (Å²) in [5, 5.41) is 0. The molecule has 3 heterocycles. The van der Waals surface area contributed by atoms with Crippen molar-refractivity contribution in [1.82, 2.24) is 19.3 Å². The van der Waals surface area contributed by atoms with Crippen molar-refractivity contribution in [2.24, 2.45) is 0 Å². The quantitative estimate of drug-likeness (QED) is 0.712. The summed E-state index contributed by atoms with van der Waals surface area (Å²) in [6, 6.07) is 9.69. The summed E-state index contributed by atoms with van der Waals surface area (Å²) in [7, 11) is 1.64. The van der Waals surface area contributed by atoms with Crippen LogP contribution in [0.2, 0.25) is 0 Å². The van der Waals surface area contributed by atoms with Gasteiger partial charge in [0.2, 0.25) is 5.91 Å². The minimum Gasteiger partial charge on any atom is -0.496 e. The van der Waals surface area contributed by atoms with Crippen LogP contribution in [0.5, 0.6) is 5.75 Å². The van der Waals surface area contributed by atoms with Crippen LogP contribution in [0.3, 0.4) is 0 Å². The van der Waals surface area contributed by atoms with Crippen LogP contribution in [-0.4, -0.2) is 38.8 Å². The fraction of sp³-hybridized carbons (Fsp3) is 0.381. The van der Waals surface area contributed by atoms with E-state index in [0.717, 1.165) is 54.2 Å². The standard InChI is InChI=1S/C21H24N4O2/c1-15-11-17-13-22-14-25(17)21(23-15)18-8-5-6-10-24(18)20(26)12-16-7-3-4-9-19(16)27-2/h3-4,7,9,11,13-14,18H,5-6,8,10,12H2,1-2H3. The Hall–Kier alpha value is -2.89. The molecule has 1 aliphatic heterocycles. The lowest BCUT2D eigenvalue weighted by Crippen LogP contribution is -2.40. The van der Waals surface area contributed by atoms with Crippen LogP contribution in [-0.2, 0) is 11.2 Å². The number of aromatic nitrogens is 3. The number of ether oxygens (including phenoxy) is 1. The molecule has 0 N–H and O–H groups in total. The van der Waals surface area contributed by atoms with Gasteiger partial charge in [0.15, 0.2) is 0 Å². The number of nitrogens with zero attached hydrogens (tertiary/aromatic N) is 4. The Bertz CT molecular complexity index is 966. The van der Waals surface area contributed by atoms with Crippen LogP contribution < -0.4 is 4.74 Å². The Morgan fingerprint density at radius 2 is 2.15 bits per heavy atom. The third-order valence-corrected chi connectivity index (χ3v) is 5.22. The smallest absolute Gasteiger partial charge is 0.227 e. The highest BCUT2D eigenvalue weighted by molar-refractivity contribution is 5.80. The Labute approximate surface area is 158 Å². The number of carbonyl (C=O) groups excluding carboxylic acids is 1. The van der Waals surface area contributed by atoms with E-state index in [0.29, 0.717) is 6.42 Å². The number of carbonyl (C=O) groups is 1. The first kappa shape index (κ1) is 17.5. The van der Waals surface area contributed by atoms with Gasteiger partial charge in [0.05, 0.1) is 31.3 Å². The number of para-hydroxylation sites is 1. The molecule has 1 atom stereocenters. The largest absolute Gasteiger partial charge is 0.496 e. The van der Waals surface area contributed by atoms with Crippen molar-refractivity contribution in [3.8, 4) is 5.75 Å². The molecule has 1 saturated heterocycles. The normalized spacial score (nSPS) is 17.3. The van der Waals surface area contributed by atoms with Crippen LogP contribution in [0.15, 0.2) is 42.9 Å². The number of imidazole rings is 1. The van der Waals surface area contributed by atoms with Gasteiger partial charge in [0, 0.05) is 17.8 Å². The number of piperidine rings is 1. The predicted octanol–water partition coefficient (Wildman–Crippen LogP) is 3.34.